The molecule has 45 heavy (non-hydrogen) atoms. The van der Waals surface area contributed by atoms with Crippen LogP contribution in [0.5, 0.6) is 0 Å². The van der Waals surface area contributed by atoms with Gasteiger partial charge in [-0.05, 0) is 98.5 Å². The minimum absolute atomic E-state index is 0.0714. The summed E-state index contributed by atoms with van der Waals surface area (Å²) in [6, 6.07) is 23.5. The third-order valence-electron chi connectivity index (χ3n) is 10.6. The van der Waals surface area contributed by atoms with Crippen molar-refractivity contribution >= 4 is 21.4 Å². The highest BCUT2D eigenvalue weighted by molar-refractivity contribution is 7.91. The van der Waals surface area contributed by atoms with Crippen LogP contribution in [-0.2, 0) is 20.0 Å². The second-order valence-corrected chi connectivity index (χ2v) is 15.0. The Morgan fingerprint density at radius 2 is 1.62 bits per heavy atom. The molecule has 6 rings (SSSR count). The van der Waals surface area contributed by atoms with Gasteiger partial charge in [-0.3, -0.25) is 9.78 Å². The second kappa shape index (κ2) is 13.3. The van der Waals surface area contributed by atoms with Crippen LogP contribution in [0.15, 0.2) is 88.9 Å². The van der Waals surface area contributed by atoms with E-state index in [1.54, 1.807) is 19.2 Å². The van der Waals surface area contributed by atoms with Gasteiger partial charge in [0.25, 0.3) is 0 Å². The minimum atomic E-state index is -3.55. The number of hydrogen-bond acceptors (Lipinski definition) is 7. The Morgan fingerprint density at radius 1 is 0.956 bits per heavy atom. The number of anilines is 1. The fourth-order valence-corrected chi connectivity index (χ4v) is 9.49. The molecule has 0 radical (unpaired) electrons. The number of likely N-dealkylation sites (tertiary alicyclic amines) is 1. The summed E-state index contributed by atoms with van der Waals surface area (Å²) in [6.45, 7) is 4.89. The summed E-state index contributed by atoms with van der Waals surface area (Å²) in [5.41, 5.74) is 1.59. The van der Waals surface area contributed by atoms with Crippen LogP contribution in [0.25, 0.3) is 0 Å². The molecule has 3 atom stereocenters. The molecule has 9 heteroatoms. The number of nitriles is 1. The molecule has 2 saturated heterocycles. The van der Waals surface area contributed by atoms with Gasteiger partial charge in [-0.25, -0.2) is 8.42 Å². The van der Waals surface area contributed by atoms with Crippen molar-refractivity contribution in [2.24, 2.45) is 23.7 Å². The molecule has 1 unspecified atom stereocenters. The van der Waals surface area contributed by atoms with Gasteiger partial charge in [0.1, 0.15) is 0 Å². The lowest BCUT2D eigenvalue weighted by Crippen LogP contribution is -2.54. The molecule has 2 aliphatic heterocycles. The number of pyridine rings is 1. The zero-order valence-corrected chi connectivity index (χ0v) is 26.8. The Balaban J connectivity index is 1.07. The van der Waals surface area contributed by atoms with E-state index < -0.39 is 15.3 Å². The molecule has 1 aromatic heterocycles. The summed E-state index contributed by atoms with van der Waals surface area (Å²) in [7, 11) is -1.85. The summed E-state index contributed by atoms with van der Waals surface area (Å²) < 4.78 is 25.8. The Morgan fingerprint density at radius 3 is 2.27 bits per heavy atom. The van der Waals surface area contributed by atoms with Crippen molar-refractivity contribution in [3.63, 3.8) is 0 Å². The second-order valence-electron chi connectivity index (χ2n) is 13.0. The van der Waals surface area contributed by atoms with E-state index in [4.69, 9.17) is 0 Å². The van der Waals surface area contributed by atoms with Crippen LogP contribution in [0.1, 0.15) is 44.1 Å². The van der Waals surface area contributed by atoms with Crippen LogP contribution in [0.4, 0.5) is 5.69 Å². The maximum Gasteiger partial charge on any atom is 0.220 e. The van der Waals surface area contributed by atoms with E-state index in [9.17, 15) is 18.5 Å². The molecule has 3 fully saturated rings. The molecule has 3 aliphatic rings. The number of nitrogens with one attached hydrogen (secondary N) is 1. The predicted octanol–water partition coefficient (Wildman–Crippen LogP) is 5.08. The molecule has 1 N–H and O–H groups in total. The van der Waals surface area contributed by atoms with Crippen molar-refractivity contribution in [1.29, 1.82) is 5.26 Å². The van der Waals surface area contributed by atoms with Crippen LogP contribution in [0.2, 0.25) is 0 Å². The number of aromatic nitrogens is 1. The molecule has 236 valence electrons. The molecule has 1 aliphatic carbocycles. The van der Waals surface area contributed by atoms with Crippen LogP contribution in [0, 0.1) is 35.0 Å². The SMILES string of the molecule is CNC(=O)C[C@H]1CCC[C@@H]1C(C#N)(c1ccccc1)C1CCN(CC2CN(c3ccc(S(=O)(=O)c4ccncc4)cc3)C2)CC1. The van der Waals surface area contributed by atoms with Gasteiger partial charge in [0.05, 0.1) is 21.3 Å². The van der Waals surface area contributed by atoms with Crippen LogP contribution in [0.3, 0.4) is 0 Å². The number of rotatable bonds is 10. The van der Waals surface area contributed by atoms with Crippen molar-refractivity contribution in [2.45, 2.75) is 53.7 Å². The van der Waals surface area contributed by atoms with Gasteiger partial charge in [-0.2, -0.15) is 5.26 Å². The number of benzene rings is 2. The quantitative estimate of drug-likeness (QED) is 0.335. The van der Waals surface area contributed by atoms with E-state index >= 15 is 0 Å². The summed E-state index contributed by atoms with van der Waals surface area (Å²) in [5.74, 6) is 1.31. The van der Waals surface area contributed by atoms with Gasteiger partial charge < -0.3 is 15.1 Å². The minimum Gasteiger partial charge on any atom is -0.371 e. The average Bonchev–Trinajstić information content (AvgIpc) is 3.53. The summed E-state index contributed by atoms with van der Waals surface area (Å²) >= 11 is 0. The van der Waals surface area contributed by atoms with Gasteiger partial charge >= 0.3 is 0 Å². The molecule has 2 aromatic carbocycles. The molecular weight excluding hydrogens is 582 g/mol. The number of sulfone groups is 1. The smallest absolute Gasteiger partial charge is 0.220 e. The molecule has 8 nitrogen and oxygen atoms in total. The van der Waals surface area contributed by atoms with Crippen LogP contribution in [-0.4, -0.2) is 64.0 Å². The molecule has 0 bridgehead atoms. The van der Waals surface area contributed by atoms with Gasteiger partial charge in [0, 0.05) is 57.1 Å². The molecule has 3 heterocycles. The first-order valence-electron chi connectivity index (χ1n) is 16.2. The van der Waals surface area contributed by atoms with Gasteiger partial charge in [-0.1, -0.05) is 36.8 Å². The fraction of sp³-hybridized carbons (Fsp3) is 0.472. The van der Waals surface area contributed by atoms with Gasteiger partial charge in [0.2, 0.25) is 15.7 Å². The number of amides is 1. The monoisotopic (exact) mass is 625 g/mol. The molecule has 1 saturated carbocycles. The Labute approximate surface area is 267 Å². The topological polar surface area (TPSA) is 106 Å². The lowest BCUT2D eigenvalue weighted by Gasteiger charge is -2.48. The van der Waals surface area contributed by atoms with Crippen molar-refractivity contribution in [1.82, 2.24) is 15.2 Å². The van der Waals surface area contributed by atoms with Gasteiger partial charge in [-0.15, -0.1) is 0 Å². The fourth-order valence-electron chi connectivity index (χ4n) is 8.25. The number of piperidine rings is 1. The van der Waals surface area contributed by atoms with E-state index in [1.807, 2.05) is 18.2 Å². The Kier molecular flexibility index (Phi) is 9.25. The highest BCUT2D eigenvalue weighted by Gasteiger charge is 2.52. The lowest BCUT2D eigenvalue weighted by molar-refractivity contribution is -0.122. The standard InChI is InChI=1S/C36H43N5O3S/c1-38-35(42)22-28-6-5-9-34(28)36(26-37,29-7-3-2-4-8-29)30-16-20-40(21-17-30)23-27-24-41(25-27)31-10-12-32(13-11-31)45(43,44)33-14-18-39-19-15-33/h2-4,7-8,10-15,18-19,27-28,30,34H,5-6,9,16-17,20-25H2,1H3,(H,38,42)/t28-,34+,36?/m1/s1. The largest absolute Gasteiger partial charge is 0.371 e. The van der Waals surface area contributed by atoms with E-state index in [2.05, 4.69) is 50.4 Å². The Bertz CT molecular complexity index is 1600. The van der Waals surface area contributed by atoms with E-state index in [0.717, 1.165) is 76.1 Å². The van der Waals surface area contributed by atoms with Crippen LogP contribution < -0.4 is 10.2 Å². The third-order valence-corrected chi connectivity index (χ3v) is 12.4. The van der Waals surface area contributed by atoms with Gasteiger partial charge in [0.15, 0.2) is 0 Å². The van der Waals surface area contributed by atoms with Crippen LogP contribution >= 0.6 is 0 Å². The first-order valence-corrected chi connectivity index (χ1v) is 17.7. The zero-order chi connectivity index (χ0) is 31.4. The molecule has 1 amide bonds. The maximum atomic E-state index is 12.9. The average molecular weight is 626 g/mol. The molecular formula is C36H43N5O3S. The van der Waals surface area contributed by atoms with Crippen molar-refractivity contribution in [3.05, 3.63) is 84.7 Å². The lowest BCUT2D eigenvalue weighted by atomic mass is 9.58. The van der Waals surface area contributed by atoms with Crippen molar-refractivity contribution in [3.8, 4) is 6.07 Å². The molecule has 0 spiro atoms. The third kappa shape index (κ3) is 6.23. The van der Waals surface area contributed by atoms with E-state index in [0.29, 0.717) is 17.2 Å². The zero-order valence-electron chi connectivity index (χ0n) is 26.0. The summed E-state index contributed by atoms with van der Waals surface area (Å²) in [6.07, 6.45) is 8.53. The van der Waals surface area contributed by atoms with E-state index in [1.165, 1.54) is 24.5 Å². The van der Waals surface area contributed by atoms with E-state index in [-0.39, 0.29) is 28.6 Å². The van der Waals surface area contributed by atoms with Crippen molar-refractivity contribution < 1.29 is 13.2 Å². The number of nitrogens with zero attached hydrogens (tertiary/aromatic N) is 4. The predicted molar refractivity (Wildman–Crippen MR) is 174 cm³/mol. The first-order chi connectivity index (χ1) is 21.8. The normalized spacial score (nSPS) is 22.7. The summed E-state index contributed by atoms with van der Waals surface area (Å²) in [5, 5.41) is 13.8. The molecule has 3 aromatic rings. The van der Waals surface area contributed by atoms with Crippen molar-refractivity contribution in [2.75, 3.05) is 44.7 Å². The number of hydrogen-bond donors (Lipinski definition) is 1. The maximum absolute atomic E-state index is 12.9. The number of carbonyl (C=O) groups excluding carboxylic acids is 1. The first kappa shape index (κ1) is 31.3. The highest BCUT2D eigenvalue weighted by Crippen LogP contribution is 2.53. The highest BCUT2D eigenvalue weighted by atomic mass is 32.2. The Hall–Kier alpha value is -3.74. The summed E-state index contributed by atoms with van der Waals surface area (Å²) in [4.78, 5) is 21.7. The number of carbonyl (C=O) groups is 1.